The van der Waals surface area contributed by atoms with Gasteiger partial charge in [0.25, 0.3) is 5.91 Å². The molecule has 1 amide bonds. The Morgan fingerprint density at radius 2 is 1.56 bits per heavy atom. The van der Waals surface area contributed by atoms with Crippen LogP contribution in [0.1, 0.15) is 32.6 Å². The third kappa shape index (κ3) is 5.06. The molecule has 0 unspecified atom stereocenters. The summed E-state index contributed by atoms with van der Waals surface area (Å²) in [5.74, 6) is -2.89. The molecule has 0 bridgehead atoms. The molecule has 0 aliphatic carbocycles. The summed E-state index contributed by atoms with van der Waals surface area (Å²) < 4.78 is 107. The molecule has 3 aromatic rings. The predicted molar refractivity (Wildman–Crippen MR) is 96.8 cm³/mol. The predicted octanol–water partition coefficient (Wildman–Crippen LogP) is 5.81. The number of alkyl halides is 6. The minimum atomic E-state index is -5.12. The molecule has 170 valence electrons. The number of halogens is 8. The number of aromatic nitrogens is 2. The molecule has 0 spiro atoms. The van der Waals surface area contributed by atoms with Gasteiger partial charge in [-0.15, -0.1) is 0 Å². The Balaban J connectivity index is 1.96. The van der Waals surface area contributed by atoms with Crippen molar-refractivity contribution in [2.24, 2.45) is 0 Å². The van der Waals surface area contributed by atoms with Crippen LogP contribution in [0.4, 0.5) is 40.9 Å². The van der Waals surface area contributed by atoms with Gasteiger partial charge >= 0.3 is 12.4 Å². The van der Waals surface area contributed by atoms with Crippen LogP contribution in [-0.4, -0.2) is 15.7 Å². The van der Waals surface area contributed by atoms with E-state index in [1.165, 1.54) is 13.1 Å². The van der Waals surface area contributed by atoms with Gasteiger partial charge in [-0.25, -0.2) is 13.5 Å². The lowest BCUT2D eigenvalue weighted by molar-refractivity contribution is -0.143. The van der Waals surface area contributed by atoms with Gasteiger partial charge in [0, 0.05) is 16.7 Å². The largest absolute Gasteiger partial charge is 0.416 e. The molecule has 32 heavy (non-hydrogen) atoms. The number of nitrogens with one attached hydrogen (secondary N) is 1. The smallest absolute Gasteiger partial charge is 0.307 e. The third-order valence-electron chi connectivity index (χ3n) is 4.43. The van der Waals surface area contributed by atoms with Crippen LogP contribution in [0.2, 0.25) is 0 Å². The second kappa shape index (κ2) is 8.24. The first kappa shape index (κ1) is 23.2. The molecule has 1 heterocycles. The molecule has 0 aliphatic rings. The summed E-state index contributed by atoms with van der Waals surface area (Å²) in [5.41, 5.74) is -4.04. The fourth-order valence-electron chi connectivity index (χ4n) is 2.85. The van der Waals surface area contributed by atoms with Gasteiger partial charge in [0.1, 0.15) is 17.5 Å². The first-order valence-corrected chi connectivity index (χ1v) is 8.83. The van der Waals surface area contributed by atoms with Gasteiger partial charge in [0.2, 0.25) is 0 Å². The highest BCUT2D eigenvalue weighted by atomic mass is 19.4. The SMILES string of the molecule is Cc1cnn(Cc2cc(F)ccc2F)c1NC(=O)c1cc(C(F)(F)F)cc(C(F)(F)F)c1. The number of rotatable bonds is 4. The Labute approximate surface area is 175 Å². The van der Waals surface area contributed by atoms with E-state index in [0.29, 0.717) is 0 Å². The number of aryl methyl sites for hydroxylation is 1. The van der Waals surface area contributed by atoms with Gasteiger partial charge in [-0.05, 0) is 43.3 Å². The Morgan fingerprint density at radius 3 is 2.12 bits per heavy atom. The Bertz CT molecular complexity index is 1130. The molecule has 1 aromatic heterocycles. The second-order valence-electron chi connectivity index (χ2n) is 6.82. The topological polar surface area (TPSA) is 46.9 Å². The molecule has 0 saturated heterocycles. The zero-order valence-corrected chi connectivity index (χ0v) is 16.1. The maximum Gasteiger partial charge on any atom is 0.416 e. The lowest BCUT2D eigenvalue weighted by Crippen LogP contribution is -2.19. The van der Waals surface area contributed by atoms with Crippen molar-refractivity contribution in [3.05, 3.63) is 82.0 Å². The molecule has 0 aliphatic heterocycles. The molecular weight excluding hydrogens is 450 g/mol. The Kier molecular flexibility index (Phi) is 5.98. The van der Waals surface area contributed by atoms with Crippen molar-refractivity contribution < 1.29 is 39.9 Å². The number of carbonyl (C=O) groups is 1. The number of nitrogens with zero attached hydrogens (tertiary/aromatic N) is 2. The van der Waals surface area contributed by atoms with Crippen LogP contribution < -0.4 is 5.32 Å². The highest BCUT2D eigenvalue weighted by Gasteiger charge is 2.37. The minimum absolute atomic E-state index is 0.0982. The van der Waals surface area contributed by atoms with E-state index >= 15 is 0 Å². The summed E-state index contributed by atoms with van der Waals surface area (Å²) in [6.45, 7) is 1.10. The highest BCUT2D eigenvalue weighted by molar-refractivity contribution is 6.04. The van der Waals surface area contributed by atoms with E-state index < -0.39 is 46.6 Å². The van der Waals surface area contributed by atoms with E-state index in [2.05, 4.69) is 10.4 Å². The van der Waals surface area contributed by atoms with Gasteiger partial charge in [-0.2, -0.15) is 31.4 Å². The van der Waals surface area contributed by atoms with Gasteiger partial charge < -0.3 is 5.32 Å². The molecule has 1 N–H and O–H groups in total. The molecule has 0 fully saturated rings. The van der Waals surface area contributed by atoms with Crippen molar-refractivity contribution in [1.29, 1.82) is 0 Å². The molecule has 0 radical (unpaired) electrons. The average Bonchev–Trinajstić information content (AvgIpc) is 3.02. The van der Waals surface area contributed by atoms with Crippen molar-refractivity contribution in [3.63, 3.8) is 0 Å². The zero-order valence-electron chi connectivity index (χ0n) is 16.1. The van der Waals surface area contributed by atoms with Gasteiger partial charge in [-0.1, -0.05) is 0 Å². The lowest BCUT2D eigenvalue weighted by atomic mass is 10.0. The van der Waals surface area contributed by atoms with Crippen LogP contribution >= 0.6 is 0 Å². The number of amides is 1. The quantitative estimate of drug-likeness (QED) is 0.497. The number of carbonyl (C=O) groups excluding carboxylic acids is 1. The number of benzene rings is 2. The number of anilines is 1. The average molecular weight is 463 g/mol. The monoisotopic (exact) mass is 463 g/mol. The van der Waals surface area contributed by atoms with Gasteiger partial charge in [0.05, 0.1) is 23.9 Å². The number of hydrogen-bond acceptors (Lipinski definition) is 2. The van der Waals surface area contributed by atoms with Crippen molar-refractivity contribution in [1.82, 2.24) is 9.78 Å². The maximum atomic E-state index is 13.9. The van der Waals surface area contributed by atoms with Crippen molar-refractivity contribution in [3.8, 4) is 0 Å². The third-order valence-corrected chi connectivity index (χ3v) is 4.43. The molecule has 3 rings (SSSR count). The van der Waals surface area contributed by atoms with Crippen molar-refractivity contribution in [2.45, 2.75) is 25.8 Å². The highest BCUT2D eigenvalue weighted by Crippen LogP contribution is 2.36. The summed E-state index contributed by atoms with van der Waals surface area (Å²) in [7, 11) is 0. The van der Waals surface area contributed by atoms with Crippen LogP contribution in [0.3, 0.4) is 0 Å². The first-order chi connectivity index (χ1) is 14.8. The van der Waals surface area contributed by atoms with E-state index in [-0.39, 0.29) is 41.7 Å². The van der Waals surface area contributed by atoms with E-state index in [9.17, 15) is 39.9 Å². The van der Waals surface area contributed by atoms with Crippen LogP contribution in [0, 0.1) is 18.6 Å². The van der Waals surface area contributed by atoms with Crippen molar-refractivity contribution in [2.75, 3.05) is 5.32 Å². The van der Waals surface area contributed by atoms with Crippen LogP contribution in [0.15, 0.2) is 42.6 Å². The summed E-state index contributed by atoms with van der Waals surface area (Å²) in [6.07, 6.45) is -9.01. The Morgan fingerprint density at radius 1 is 0.969 bits per heavy atom. The van der Waals surface area contributed by atoms with E-state index in [1.54, 1.807) is 0 Å². The van der Waals surface area contributed by atoms with Crippen molar-refractivity contribution >= 4 is 11.7 Å². The fourth-order valence-corrected chi connectivity index (χ4v) is 2.85. The van der Waals surface area contributed by atoms with Gasteiger partial charge in [-0.3, -0.25) is 4.79 Å². The standard InChI is InChI=1S/C20H13F8N3O/c1-10-8-29-31(9-12-6-15(21)2-3-16(12)22)17(10)30-18(32)11-4-13(19(23,24)25)7-14(5-11)20(26,27)28/h2-8H,9H2,1H3,(H,30,32). The van der Waals surface area contributed by atoms with E-state index in [0.717, 1.165) is 22.9 Å². The summed E-state index contributed by atoms with van der Waals surface area (Å²) >= 11 is 0. The summed E-state index contributed by atoms with van der Waals surface area (Å²) in [6, 6.07) is 3.13. The molecule has 12 heteroatoms. The minimum Gasteiger partial charge on any atom is -0.307 e. The van der Waals surface area contributed by atoms with Gasteiger partial charge in [0.15, 0.2) is 0 Å². The fraction of sp³-hybridized carbons (Fsp3) is 0.200. The van der Waals surface area contributed by atoms with E-state index in [4.69, 9.17) is 0 Å². The summed E-state index contributed by atoms with van der Waals surface area (Å²) in [4.78, 5) is 12.5. The van der Waals surface area contributed by atoms with Crippen LogP contribution in [0.5, 0.6) is 0 Å². The second-order valence-corrected chi connectivity index (χ2v) is 6.82. The normalized spacial score (nSPS) is 12.2. The van der Waals surface area contributed by atoms with Crippen LogP contribution in [-0.2, 0) is 18.9 Å². The summed E-state index contributed by atoms with van der Waals surface area (Å²) in [5, 5.41) is 6.09. The maximum absolute atomic E-state index is 13.9. The lowest BCUT2D eigenvalue weighted by Gasteiger charge is -2.15. The van der Waals surface area contributed by atoms with E-state index in [1.807, 2.05) is 0 Å². The molecule has 0 atom stereocenters. The number of hydrogen-bond donors (Lipinski definition) is 1. The first-order valence-electron chi connectivity index (χ1n) is 8.83. The Hall–Kier alpha value is -3.44. The van der Waals surface area contributed by atoms with Crippen LogP contribution in [0.25, 0.3) is 0 Å². The molecule has 2 aromatic carbocycles. The molecule has 0 saturated carbocycles. The molecular formula is C20H13F8N3O. The molecule has 4 nitrogen and oxygen atoms in total. The zero-order chi connectivity index (χ0) is 23.8.